The number of halogens is 3. The molecule has 2 heterocycles. The second-order valence-electron chi connectivity index (χ2n) is 3.85. The molecule has 1 aromatic rings. The van der Waals surface area contributed by atoms with Gasteiger partial charge in [-0.3, -0.25) is 0 Å². The zero-order valence-corrected chi connectivity index (χ0v) is 8.47. The van der Waals surface area contributed by atoms with Crippen LogP contribution in [0.1, 0.15) is 18.6 Å². The number of hydrogen-bond acceptors (Lipinski definition) is 5. The molecule has 8 heteroatoms. The predicted octanol–water partition coefficient (Wildman–Crippen LogP) is 0.967. The van der Waals surface area contributed by atoms with Crippen molar-refractivity contribution in [2.24, 2.45) is 0 Å². The standard InChI is InChI=1S/C8H10F3N3O2/c1-7(3-12-4-7)15-2-5-13-6(14-16-5)8(9,10)11/h12H,2-4H2,1H3. The normalized spacial score (nSPS) is 19.5. The number of nitrogens with zero attached hydrogens (tertiary/aromatic N) is 2. The maximum atomic E-state index is 12.1. The van der Waals surface area contributed by atoms with Crippen LogP contribution in [0.25, 0.3) is 0 Å². The van der Waals surface area contributed by atoms with Crippen molar-refractivity contribution in [1.82, 2.24) is 15.5 Å². The first-order chi connectivity index (χ1) is 7.39. The van der Waals surface area contributed by atoms with Gasteiger partial charge in [-0.2, -0.15) is 18.2 Å². The lowest BCUT2D eigenvalue weighted by Gasteiger charge is -2.38. The minimum absolute atomic E-state index is 0.110. The zero-order valence-electron chi connectivity index (χ0n) is 8.47. The summed E-state index contributed by atoms with van der Waals surface area (Å²) in [5.41, 5.74) is -0.354. The summed E-state index contributed by atoms with van der Waals surface area (Å²) in [5.74, 6) is -1.44. The molecular formula is C8H10F3N3O2. The van der Waals surface area contributed by atoms with E-state index in [0.29, 0.717) is 13.1 Å². The van der Waals surface area contributed by atoms with Gasteiger partial charge in [-0.05, 0) is 6.92 Å². The average Bonchev–Trinajstić information content (AvgIpc) is 2.59. The predicted molar refractivity (Wildman–Crippen MR) is 45.4 cm³/mol. The van der Waals surface area contributed by atoms with Gasteiger partial charge in [0.25, 0.3) is 11.7 Å². The Morgan fingerprint density at radius 1 is 1.50 bits per heavy atom. The summed E-state index contributed by atoms with van der Waals surface area (Å²) in [6.07, 6.45) is -4.58. The third-order valence-corrected chi connectivity index (χ3v) is 2.26. The van der Waals surface area contributed by atoms with Gasteiger partial charge in [0.2, 0.25) is 0 Å². The van der Waals surface area contributed by atoms with Gasteiger partial charge in [0.15, 0.2) is 0 Å². The highest BCUT2D eigenvalue weighted by molar-refractivity contribution is 4.93. The minimum Gasteiger partial charge on any atom is -0.363 e. The van der Waals surface area contributed by atoms with Crippen LogP contribution in [0.4, 0.5) is 13.2 Å². The van der Waals surface area contributed by atoms with Crippen molar-refractivity contribution in [3.63, 3.8) is 0 Å². The molecule has 0 bridgehead atoms. The van der Waals surface area contributed by atoms with Crippen molar-refractivity contribution < 1.29 is 22.4 Å². The third kappa shape index (κ3) is 2.33. The van der Waals surface area contributed by atoms with Gasteiger partial charge in [0, 0.05) is 13.1 Å². The Balaban J connectivity index is 1.93. The van der Waals surface area contributed by atoms with Crippen molar-refractivity contribution in [2.45, 2.75) is 25.3 Å². The summed E-state index contributed by atoms with van der Waals surface area (Å²) >= 11 is 0. The summed E-state index contributed by atoms with van der Waals surface area (Å²) in [6.45, 7) is 3.06. The smallest absolute Gasteiger partial charge is 0.363 e. The van der Waals surface area contributed by atoms with Crippen LogP contribution in [0, 0.1) is 0 Å². The van der Waals surface area contributed by atoms with Crippen LogP contribution < -0.4 is 5.32 Å². The number of hydrogen-bond donors (Lipinski definition) is 1. The van der Waals surface area contributed by atoms with Crippen LogP contribution in [-0.2, 0) is 17.5 Å². The largest absolute Gasteiger partial charge is 0.455 e. The Morgan fingerprint density at radius 3 is 2.62 bits per heavy atom. The maximum Gasteiger partial charge on any atom is 0.455 e. The number of aromatic nitrogens is 2. The molecule has 0 aliphatic carbocycles. The van der Waals surface area contributed by atoms with E-state index in [-0.39, 0.29) is 18.1 Å². The highest BCUT2D eigenvalue weighted by Crippen LogP contribution is 2.26. The third-order valence-electron chi connectivity index (χ3n) is 2.26. The van der Waals surface area contributed by atoms with E-state index in [1.54, 1.807) is 0 Å². The van der Waals surface area contributed by atoms with E-state index < -0.39 is 12.0 Å². The summed E-state index contributed by atoms with van der Waals surface area (Å²) in [7, 11) is 0. The van der Waals surface area contributed by atoms with Gasteiger partial charge in [-0.25, -0.2) is 0 Å². The Kier molecular flexibility index (Phi) is 2.62. The Hall–Kier alpha value is -1.15. The summed E-state index contributed by atoms with van der Waals surface area (Å²) < 4.78 is 46.1. The van der Waals surface area contributed by atoms with Crippen LogP contribution in [0.15, 0.2) is 4.52 Å². The van der Waals surface area contributed by atoms with E-state index in [1.165, 1.54) is 0 Å². The molecule has 0 spiro atoms. The fourth-order valence-electron chi connectivity index (χ4n) is 1.24. The quantitative estimate of drug-likeness (QED) is 0.848. The Bertz CT molecular complexity index is 373. The molecule has 0 saturated carbocycles. The van der Waals surface area contributed by atoms with Crippen LogP contribution in [0.5, 0.6) is 0 Å². The van der Waals surface area contributed by atoms with Crippen molar-refractivity contribution in [3.05, 3.63) is 11.7 Å². The number of nitrogens with one attached hydrogen (secondary N) is 1. The monoisotopic (exact) mass is 237 g/mol. The fraction of sp³-hybridized carbons (Fsp3) is 0.750. The highest BCUT2D eigenvalue weighted by atomic mass is 19.4. The van der Waals surface area contributed by atoms with E-state index >= 15 is 0 Å². The minimum atomic E-state index is -4.58. The number of ether oxygens (including phenoxy) is 1. The molecule has 1 aromatic heterocycles. The first-order valence-electron chi connectivity index (χ1n) is 4.64. The van der Waals surface area contributed by atoms with Crippen LogP contribution in [0.2, 0.25) is 0 Å². The summed E-state index contributed by atoms with van der Waals surface area (Å²) in [4.78, 5) is 3.19. The molecule has 2 rings (SSSR count). The van der Waals surface area contributed by atoms with Crippen molar-refractivity contribution in [1.29, 1.82) is 0 Å². The molecule has 0 amide bonds. The molecule has 0 aromatic carbocycles. The molecule has 0 unspecified atom stereocenters. The molecule has 1 saturated heterocycles. The second kappa shape index (κ2) is 3.70. The maximum absolute atomic E-state index is 12.1. The van der Waals surface area contributed by atoms with Gasteiger partial charge < -0.3 is 14.6 Å². The molecule has 5 nitrogen and oxygen atoms in total. The zero-order chi connectivity index (χ0) is 11.8. The fourth-order valence-corrected chi connectivity index (χ4v) is 1.24. The van der Waals surface area contributed by atoms with E-state index in [9.17, 15) is 13.2 Å². The molecule has 16 heavy (non-hydrogen) atoms. The number of rotatable bonds is 3. The van der Waals surface area contributed by atoms with Crippen LogP contribution in [-0.4, -0.2) is 28.8 Å². The molecular weight excluding hydrogens is 227 g/mol. The molecule has 1 aliphatic heterocycles. The molecule has 0 radical (unpaired) electrons. The van der Waals surface area contributed by atoms with Gasteiger partial charge in [0.1, 0.15) is 6.61 Å². The van der Waals surface area contributed by atoms with Crippen LogP contribution in [0.3, 0.4) is 0 Å². The lowest BCUT2D eigenvalue weighted by Crippen LogP contribution is -2.58. The lowest BCUT2D eigenvalue weighted by molar-refractivity contribution is -0.146. The van der Waals surface area contributed by atoms with Crippen molar-refractivity contribution in [3.8, 4) is 0 Å². The molecule has 90 valence electrons. The second-order valence-corrected chi connectivity index (χ2v) is 3.85. The van der Waals surface area contributed by atoms with E-state index in [1.807, 2.05) is 6.92 Å². The van der Waals surface area contributed by atoms with Gasteiger partial charge in [-0.1, -0.05) is 5.16 Å². The van der Waals surface area contributed by atoms with E-state index in [4.69, 9.17) is 4.74 Å². The Labute approximate surface area is 89.0 Å². The van der Waals surface area contributed by atoms with Crippen molar-refractivity contribution >= 4 is 0 Å². The van der Waals surface area contributed by atoms with Gasteiger partial charge in [-0.15, -0.1) is 0 Å². The van der Waals surface area contributed by atoms with E-state index in [0.717, 1.165) is 0 Å². The summed E-state index contributed by atoms with van der Waals surface area (Å²) in [5, 5.41) is 5.82. The summed E-state index contributed by atoms with van der Waals surface area (Å²) in [6, 6.07) is 0. The van der Waals surface area contributed by atoms with Gasteiger partial charge in [0.05, 0.1) is 5.60 Å². The van der Waals surface area contributed by atoms with Crippen molar-refractivity contribution in [2.75, 3.05) is 13.1 Å². The Morgan fingerprint density at radius 2 is 2.19 bits per heavy atom. The van der Waals surface area contributed by atoms with E-state index in [2.05, 4.69) is 20.0 Å². The molecule has 1 fully saturated rings. The van der Waals surface area contributed by atoms with Crippen LogP contribution >= 0.6 is 0 Å². The van der Waals surface area contributed by atoms with Gasteiger partial charge >= 0.3 is 6.18 Å². The highest BCUT2D eigenvalue weighted by Gasteiger charge is 2.38. The number of alkyl halides is 3. The molecule has 1 N–H and O–H groups in total. The lowest BCUT2D eigenvalue weighted by atomic mass is 10.0. The SMILES string of the molecule is CC1(OCc2nc(C(F)(F)F)no2)CNC1. The topological polar surface area (TPSA) is 60.2 Å². The molecule has 1 aliphatic rings. The molecule has 0 atom stereocenters. The average molecular weight is 237 g/mol. The first kappa shape index (κ1) is 11.3. The first-order valence-corrected chi connectivity index (χ1v) is 4.64.